The summed E-state index contributed by atoms with van der Waals surface area (Å²) in [5, 5.41) is 4.14. The van der Waals surface area contributed by atoms with Gasteiger partial charge >= 0.3 is 0 Å². The molecule has 0 saturated heterocycles. The molecule has 0 aliphatic carbocycles. The van der Waals surface area contributed by atoms with Gasteiger partial charge in [0.15, 0.2) is 0 Å². The summed E-state index contributed by atoms with van der Waals surface area (Å²) < 4.78 is 5.82. The van der Waals surface area contributed by atoms with Crippen molar-refractivity contribution < 1.29 is 4.74 Å². The van der Waals surface area contributed by atoms with E-state index in [9.17, 15) is 0 Å². The second-order valence-electron chi connectivity index (χ2n) is 4.73. The highest BCUT2D eigenvalue weighted by Gasteiger charge is 1.99. The van der Waals surface area contributed by atoms with Gasteiger partial charge in [0.25, 0.3) is 0 Å². The van der Waals surface area contributed by atoms with Gasteiger partial charge in [-0.05, 0) is 54.9 Å². The summed E-state index contributed by atoms with van der Waals surface area (Å²) in [6, 6.07) is 15.5. The Balaban J connectivity index is 1.93. The Bertz CT molecular complexity index is 525. The van der Waals surface area contributed by atoms with Crippen molar-refractivity contribution in [1.29, 1.82) is 0 Å². The largest absolute Gasteiger partial charge is 0.457 e. The van der Waals surface area contributed by atoms with Crippen molar-refractivity contribution in [2.45, 2.75) is 26.3 Å². The number of rotatable bonds is 7. The summed E-state index contributed by atoms with van der Waals surface area (Å²) in [6.07, 6.45) is 2.42. The molecule has 0 saturated carbocycles. The lowest BCUT2D eigenvalue weighted by Crippen LogP contribution is -2.14. The Kier molecular flexibility index (Phi) is 5.90. The zero-order valence-electron chi connectivity index (χ0n) is 11.7. The minimum absolute atomic E-state index is 0.714. The lowest BCUT2D eigenvalue weighted by Gasteiger charge is -2.08. The van der Waals surface area contributed by atoms with Crippen LogP contribution in [0.4, 0.5) is 0 Å². The summed E-state index contributed by atoms with van der Waals surface area (Å²) in [6.45, 7) is 4.12. The van der Waals surface area contributed by atoms with E-state index in [1.165, 1.54) is 18.4 Å². The summed E-state index contributed by atoms with van der Waals surface area (Å²) in [7, 11) is 0. The van der Waals surface area contributed by atoms with Gasteiger partial charge < -0.3 is 10.1 Å². The van der Waals surface area contributed by atoms with Gasteiger partial charge in [0.1, 0.15) is 11.5 Å². The Morgan fingerprint density at radius 2 is 1.85 bits per heavy atom. The van der Waals surface area contributed by atoms with E-state index >= 15 is 0 Å². The van der Waals surface area contributed by atoms with Crippen LogP contribution in [0.1, 0.15) is 25.3 Å². The van der Waals surface area contributed by atoms with Gasteiger partial charge in [-0.2, -0.15) is 0 Å². The number of hydrogen-bond acceptors (Lipinski definition) is 2. The van der Waals surface area contributed by atoms with Crippen molar-refractivity contribution in [3.8, 4) is 11.5 Å². The van der Waals surface area contributed by atoms with E-state index in [0.29, 0.717) is 5.02 Å². The average Bonchev–Trinajstić information content (AvgIpc) is 2.47. The maximum absolute atomic E-state index is 5.86. The average molecular weight is 290 g/mol. The van der Waals surface area contributed by atoms with E-state index in [-0.39, 0.29) is 0 Å². The monoisotopic (exact) mass is 289 g/mol. The minimum atomic E-state index is 0.714. The minimum Gasteiger partial charge on any atom is -0.457 e. The molecular weight excluding hydrogens is 270 g/mol. The Labute approximate surface area is 125 Å². The molecule has 0 unspecified atom stereocenters. The summed E-state index contributed by atoms with van der Waals surface area (Å²) in [5.74, 6) is 1.65. The van der Waals surface area contributed by atoms with Gasteiger partial charge in [0, 0.05) is 11.6 Å². The second kappa shape index (κ2) is 7.93. The topological polar surface area (TPSA) is 21.3 Å². The lowest BCUT2D eigenvalue weighted by molar-refractivity contribution is 0.481. The van der Waals surface area contributed by atoms with Crippen molar-refractivity contribution in [1.82, 2.24) is 5.32 Å². The van der Waals surface area contributed by atoms with Gasteiger partial charge in [-0.1, -0.05) is 37.1 Å². The van der Waals surface area contributed by atoms with Crippen LogP contribution in [0, 0.1) is 0 Å². The number of hydrogen-bond donors (Lipinski definition) is 1. The number of halogens is 1. The maximum Gasteiger partial charge on any atom is 0.127 e. The van der Waals surface area contributed by atoms with Crippen LogP contribution in [0.15, 0.2) is 48.5 Å². The summed E-state index contributed by atoms with van der Waals surface area (Å²) in [5.41, 5.74) is 1.23. The van der Waals surface area contributed by atoms with Crippen LogP contribution in [0.5, 0.6) is 11.5 Å². The molecule has 0 bridgehead atoms. The van der Waals surface area contributed by atoms with Gasteiger partial charge in [-0.3, -0.25) is 0 Å². The molecule has 0 atom stereocenters. The highest BCUT2D eigenvalue weighted by Crippen LogP contribution is 2.23. The smallest absolute Gasteiger partial charge is 0.127 e. The molecule has 1 N–H and O–H groups in total. The summed E-state index contributed by atoms with van der Waals surface area (Å²) >= 11 is 5.86. The molecule has 0 amide bonds. The fraction of sp³-hybridized carbons (Fsp3) is 0.294. The molecule has 106 valence electrons. The predicted molar refractivity (Wildman–Crippen MR) is 84.6 cm³/mol. The van der Waals surface area contributed by atoms with Crippen LogP contribution in [0.25, 0.3) is 0 Å². The van der Waals surface area contributed by atoms with E-state index in [0.717, 1.165) is 24.6 Å². The van der Waals surface area contributed by atoms with Crippen LogP contribution in [-0.2, 0) is 6.54 Å². The molecule has 0 heterocycles. The predicted octanol–water partition coefficient (Wildman–Crippen LogP) is 5.02. The molecule has 2 aromatic carbocycles. The zero-order valence-corrected chi connectivity index (χ0v) is 12.5. The van der Waals surface area contributed by atoms with Gasteiger partial charge in [-0.25, -0.2) is 0 Å². The molecule has 20 heavy (non-hydrogen) atoms. The van der Waals surface area contributed by atoms with Crippen LogP contribution in [0.2, 0.25) is 5.02 Å². The van der Waals surface area contributed by atoms with Gasteiger partial charge in [-0.15, -0.1) is 0 Å². The van der Waals surface area contributed by atoms with Crippen molar-refractivity contribution in [2.75, 3.05) is 6.54 Å². The third-order valence-corrected chi connectivity index (χ3v) is 3.24. The second-order valence-corrected chi connectivity index (χ2v) is 5.17. The number of ether oxygens (including phenoxy) is 1. The number of unbranched alkanes of at least 4 members (excludes halogenated alkanes) is 1. The van der Waals surface area contributed by atoms with Crippen LogP contribution < -0.4 is 10.1 Å². The first-order chi connectivity index (χ1) is 9.78. The molecule has 0 aliphatic heterocycles. The fourth-order valence-electron chi connectivity index (χ4n) is 1.89. The Hall–Kier alpha value is -1.51. The van der Waals surface area contributed by atoms with E-state index in [1.807, 2.05) is 36.4 Å². The first kappa shape index (κ1) is 14.9. The molecule has 2 nitrogen and oxygen atoms in total. The zero-order chi connectivity index (χ0) is 14.2. The number of nitrogens with one attached hydrogen (secondary N) is 1. The molecule has 2 aromatic rings. The molecule has 0 aromatic heterocycles. The first-order valence-corrected chi connectivity index (χ1v) is 7.39. The van der Waals surface area contributed by atoms with Crippen LogP contribution >= 0.6 is 11.6 Å². The first-order valence-electron chi connectivity index (χ1n) is 7.01. The highest BCUT2D eigenvalue weighted by atomic mass is 35.5. The van der Waals surface area contributed by atoms with Crippen molar-refractivity contribution in [3.63, 3.8) is 0 Å². The summed E-state index contributed by atoms with van der Waals surface area (Å²) in [4.78, 5) is 0. The van der Waals surface area contributed by atoms with E-state index in [1.54, 1.807) is 0 Å². The third-order valence-electron chi connectivity index (χ3n) is 2.98. The van der Waals surface area contributed by atoms with E-state index < -0.39 is 0 Å². The van der Waals surface area contributed by atoms with Gasteiger partial charge in [0.2, 0.25) is 0 Å². The van der Waals surface area contributed by atoms with Crippen molar-refractivity contribution >= 4 is 11.6 Å². The Morgan fingerprint density at radius 1 is 1.05 bits per heavy atom. The standard InChI is InChI=1S/C17H20ClNO/c1-2-3-11-19-13-14-5-4-6-17(12-14)20-16-9-7-15(18)8-10-16/h4-10,12,19H,2-3,11,13H2,1H3. The SMILES string of the molecule is CCCCNCc1cccc(Oc2ccc(Cl)cc2)c1. The van der Waals surface area contributed by atoms with Crippen LogP contribution in [0.3, 0.4) is 0 Å². The van der Waals surface area contributed by atoms with Gasteiger partial charge in [0.05, 0.1) is 0 Å². The molecule has 0 aliphatic rings. The van der Waals surface area contributed by atoms with E-state index in [4.69, 9.17) is 16.3 Å². The number of benzene rings is 2. The fourth-order valence-corrected chi connectivity index (χ4v) is 2.02. The third kappa shape index (κ3) is 4.87. The van der Waals surface area contributed by atoms with Crippen LogP contribution in [-0.4, -0.2) is 6.54 Å². The molecule has 2 rings (SSSR count). The van der Waals surface area contributed by atoms with E-state index in [2.05, 4.69) is 24.4 Å². The highest BCUT2D eigenvalue weighted by molar-refractivity contribution is 6.30. The normalized spacial score (nSPS) is 10.5. The van der Waals surface area contributed by atoms with Crippen molar-refractivity contribution in [3.05, 3.63) is 59.1 Å². The molecule has 0 fully saturated rings. The molecule has 3 heteroatoms. The maximum atomic E-state index is 5.86. The lowest BCUT2D eigenvalue weighted by atomic mass is 10.2. The molecule has 0 radical (unpaired) electrons. The van der Waals surface area contributed by atoms with Crippen molar-refractivity contribution in [2.24, 2.45) is 0 Å². The molecular formula is C17H20ClNO. The molecule has 0 spiro atoms. The Morgan fingerprint density at radius 3 is 2.60 bits per heavy atom. The quantitative estimate of drug-likeness (QED) is 0.723.